The summed E-state index contributed by atoms with van der Waals surface area (Å²) in [5, 5.41) is 0. The molecule has 1 heterocycles. The third-order valence-corrected chi connectivity index (χ3v) is 4.14. The highest BCUT2D eigenvalue weighted by atomic mass is 79.9. The van der Waals surface area contributed by atoms with Crippen molar-refractivity contribution in [2.75, 3.05) is 13.1 Å². The van der Waals surface area contributed by atoms with Crippen LogP contribution in [0, 0.1) is 12.7 Å². The zero-order valence-electron chi connectivity index (χ0n) is 9.55. The zero-order valence-corrected chi connectivity index (χ0v) is 11.1. The Hall–Kier alpha value is -0.410. The maximum atomic E-state index is 13.1. The summed E-state index contributed by atoms with van der Waals surface area (Å²) in [6, 6.07) is 5.06. The summed E-state index contributed by atoms with van der Waals surface area (Å²) in [6.07, 6.45) is 2.38. The fourth-order valence-electron chi connectivity index (χ4n) is 2.11. The molecule has 1 fully saturated rings. The summed E-state index contributed by atoms with van der Waals surface area (Å²) >= 11 is 3.64. The monoisotopic (exact) mass is 285 g/mol. The molecule has 0 bridgehead atoms. The highest BCUT2D eigenvalue weighted by Crippen LogP contribution is 2.20. The van der Waals surface area contributed by atoms with Crippen molar-refractivity contribution in [2.45, 2.75) is 31.1 Å². The Balaban J connectivity index is 2.00. The molecular weight excluding hydrogens is 269 g/mol. The molecular formula is C13H17BrFN. The average Bonchev–Trinajstić information content (AvgIpc) is 2.27. The molecule has 0 amide bonds. The second kappa shape index (κ2) is 5.28. The first-order valence-electron chi connectivity index (χ1n) is 5.76. The van der Waals surface area contributed by atoms with E-state index >= 15 is 0 Å². The largest absolute Gasteiger partial charge is 0.299 e. The van der Waals surface area contributed by atoms with Crippen LogP contribution in [-0.2, 0) is 6.54 Å². The van der Waals surface area contributed by atoms with Gasteiger partial charge in [0.05, 0.1) is 0 Å². The number of rotatable bonds is 2. The summed E-state index contributed by atoms with van der Waals surface area (Å²) < 4.78 is 13.1. The first-order valence-corrected chi connectivity index (χ1v) is 6.68. The van der Waals surface area contributed by atoms with E-state index in [9.17, 15) is 4.39 Å². The molecule has 0 atom stereocenters. The summed E-state index contributed by atoms with van der Waals surface area (Å²) in [4.78, 5) is 3.07. The third-order valence-electron chi connectivity index (χ3n) is 3.22. The van der Waals surface area contributed by atoms with Gasteiger partial charge in [0, 0.05) is 11.4 Å². The molecule has 1 aromatic rings. The van der Waals surface area contributed by atoms with Crippen molar-refractivity contribution in [3.8, 4) is 0 Å². The van der Waals surface area contributed by atoms with Crippen molar-refractivity contribution < 1.29 is 4.39 Å². The summed E-state index contributed by atoms with van der Waals surface area (Å²) in [5.41, 5.74) is 2.30. The molecule has 1 aromatic carbocycles. The Kier molecular flexibility index (Phi) is 3.98. The first kappa shape index (κ1) is 12.1. The number of hydrogen-bond acceptors (Lipinski definition) is 1. The summed E-state index contributed by atoms with van der Waals surface area (Å²) in [5.74, 6) is -0.129. The third kappa shape index (κ3) is 3.05. The predicted molar refractivity (Wildman–Crippen MR) is 68.4 cm³/mol. The van der Waals surface area contributed by atoms with E-state index in [0.717, 1.165) is 25.2 Å². The van der Waals surface area contributed by atoms with E-state index in [2.05, 4.69) is 20.8 Å². The van der Waals surface area contributed by atoms with Crippen molar-refractivity contribution in [3.63, 3.8) is 0 Å². The van der Waals surface area contributed by atoms with Crippen LogP contribution in [0.4, 0.5) is 4.39 Å². The molecule has 3 heteroatoms. The number of benzene rings is 1. The molecule has 1 saturated heterocycles. The van der Waals surface area contributed by atoms with Crippen molar-refractivity contribution in [1.29, 1.82) is 0 Å². The maximum absolute atomic E-state index is 13.1. The Morgan fingerprint density at radius 2 is 2.06 bits per heavy atom. The lowest BCUT2D eigenvalue weighted by atomic mass is 10.1. The lowest BCUT2D eigenvalue weighted by molar-refractivity contribution is 0.225. The number of likely N-dealkylation sites (tertiary alicyclic amines) is 1. The quantitative estimate of drug-likeness (QED) is 0.752. The van der Waals surface area contributed by atoms with Gasteiger partial charge in [-0.05, 0) is 56.1 Å². The van der Waals surface area contributed by atoms with E-state index in [-0.39, 0.29) is 5.82 Å². The van der Waals surface area contributed by atoms with Crippen LogP contribution in [-0.4, -0.2) is 22.8 Å². The predicted octanol–water partition coefficient (Wildman–Crippen LogP) is 3.49. The van der Waals surface area contributed by atoms with Crippen LogP contribution in [0.5, 0.6) is 0 Å². The standard InChI is InChI=1S/C13H17BrFN/c1-10-2-3-13(15)8-11(10)9-16-6-4-12(14)5-7-16/h2-3,8,12H,4-7,9H2,1H3. The van der Waals surface area contributed by atoms with E-state index < -0.39 is 0 Å². The topological polar surface area (TPSA) is 3.24 Å². The van der Waals surface area contributed by atoms with E-state index in [1.54, 1.807) is 6.07 Å². The summed E-state index contributed by atoms with van der Waals surface area (Å²) in [6.45, 7) is 5.13. The molecule has 0 aromatic heterocycles. The van der Waals surface area contributed by atoms with Gasteiger partial charge >= 0.3 is 0 Å². The number of halogens is 2. The molecule has 0 saturated carbocycles. The van der Waals surface area contributed by atoms with Gasteiger partial charge in [0.15, 0.2) is 0 Å². The van der Waals surface area contributed by atoms with Crippen LogP contribution in [0.15, 0.2) is 18.2 Å². The molecule has 1 aliphatic rings. The molecule has 1 aliphatic heterocycles. The van der Waals surface area contributed by atoms with Gasteiger partial charge in [-0.25, -0.2) is 4.39 Å². The van der Waals surface area contributed by atoms with Gasteiger partial charge in [0.1, 0.15) is 5.82 Å². The molecule has 0 unspecified atom stereocenters. The molecule has 1 nitrogen and oxygen atoms in total. The van der Waals surface area contributed by atoms with Crippen LogP contribution in [0.2, 0.25) is 0 Å². The highest BCUT2D eigenvalue weighted by Gasteiger charge is 2.17. The van der Waals surface area contributed by atoms with Gasteiger partial charge in [0.2, 0.25) is 0 Å². The number of alkyl halides is 1. The van der Waals surface area contributed by atoms with E-state index in [1.807, 2.05) is 13.0 Å². The minimum atomic E-state index is -0.129. The lowest BCUT2D eigenvalue weighted by Crippen LogP contribution is -2.33. The minimum absolute atomic E-state index is 0.129. The van der Waals surface area contributed by atoms with Crippen LogP contribution in [0.3, 0.4) is 0 Å². The number of hydrogen-bond donors (Lipinski definition) is 0. The van der Waals surface area contributed by atoms with Crippen molar-refractivity contribution in [2.24, 2.45) is 0 Å². The second-order valence-electron chi connectivity index (χ2n) is 4.52. The fourth-order valence-corrected chi connectivity index (χ4v) is 2.52. The Morgan fingerprint density at radius 1 is 1.38 bits per heavy atom. The Labute approximate surface area is 105 Å². The van der Waals surface area contributed by atoms with E-state index in [4.69, 9.17) is 0 Å². The van der Waals surface area contributed by atoms with Gasteiger partial charge in [0.25, 0.3) is 0 Å². The molecule has 88 valence electrons. The van der Waals surface area contributed by atoms with Crippen molar-refractivity contribution in [1.82, 2.24) is 4.90 Å². The maximum Gasteiger partial charge on any atom is 0.123 e. The molecule has 0 radical (unpaired) electrons. The Bertz CT molecular complexity index is 359. The molecule has 0 spiro atoms. The average molecular weight is 286 g/mol. The van der Waals surface area contributed by atoms with Gasteiger partial charge < -0.3 is 0 Å². The van der Waals surface area contributed by atoms with Crippen LogP contribution in [0.1, 0.15) is 24.0 Å². The summed E-state index contributed by atoms with van der Waals surface area (Å²) in [7, 11) is 0. The van der Waals surface area contributed by atoms with Crippen LogP contribution in [0.25, 0.3) is 0 Å². The number of aryl methyl sites for hydroxylation is 1. The minimum Gasteiger partial charge on any atom is -0.299 e. The highest BCUT2D eigenvalue weighted by molar-refractivity contribution is 9.09. The van der Waals surface area contributed by atoms with E-state index in [1.165, 1.54) is 24.5 Å². The van der Waals surface area contributed by atoms with Crippen LogP contribution >= 0.6 is 15.9 Å². The van der Waals surface area contributed by atoms with Crippen molar-refractivity contribution >= 4 is 15.9 Å². The SMILES string of the molecule is Cc1ccc(F)cc1CN1CCC(Br)CC1. The molecule has 0 N–H and O–H groups in total. The smallest absolute Gasteiger partial charge is 0.123 e. The molecule has 2 rings (SSSR count). The van der Waals surface area contributed by atoms with Gasteiger partial charge in [-0.3, -0.25) is 4.90 Å². The zero-order chi connectivity index (χ0) is 11.5. The number of nitrogens with zero attached hydrogens (tertiary/aromatic N) is 1. The lowest BCUT2D eigenvalue weighted by Gasteiger charge is -2.29. The normalized spacial score (nSPS) is 18.9. The van der Waals surface area contributed by atoms with Gasteiger partial charge in [-0.2, -0.15) is 0 Å². The fraction of sp³-hybridized carbons (Fsp3) is 0.538. The molecule has 16 heavy (non-hydrogen) atoms. The van der Waals surface area contributed by atoms with Gasteiger partial charge in [-0.1, -0.05) is 22.0 Å². The first-order chi connectivity index (χ1) is 7.65. The van der Waals surface area contributed by atoms with Crippen LogP contribution < -0.4 is 0 Å². The Morgan fingerprint density at radius 3 is 2.75 bits per heavy atom. The second-order valence-corrected chi connectivity index (χ2v) is 5.82. The van der Waals surface area contributed by atoms with E-state index in [0.29, 0.717) is 4.83 Å². The van der Waals surface area contributed by atoms with Gasteiger partial charge in [-0.15, -0.1) is 0 Å². The number of piperidine rings is 1. The van der Waals surface area contributed by atoms with Crippen molar-refractivity contribution in [3.05, 3.63) is 35.1 Å². The molecule has 0 aliphatic carbocycles.